The lowest BCUT2D eigenvalue weighted by Gasteiger charge is -1.97. The molecular formula is C13H13N5. The zero-order chi connectivity index (χ0) is 12.4. The minimum Gasteiger partial charge on any atom is -0.330 e. The lowest BCUT2D eigenvalue weighted by atomic mass is 10.3. The van der Waals surface area contributed by atoms with Gasteiger partial charge in [-0.2, -0.15) is 0 Å². The highest BCUT2D eigenvalue weighted by molar-refractivity contribution is 5.80. The molecule has 0 unspecified atom stereocenters. The number of aliphatic imine (C=N–C) groups is 1. The van der Waals surface area contributed by atoms with E-state index in [-0.39, 0.29) is 0 Å². The van der Waals surface area contributed by atoms with Crippen molar-refractivity contribution in [2.45, 2.75) is 13.5 Å². The molecule has 0 amide bonds. The van der Waals surface area contributed by atoms with Gasteiger partial charge in [-0.3, -0.25) is 0 Å². The van der Waals surface area contributed by atoms with Crippen LogP contribution in [0.25, 0.3) is 11.0 Å². The highest BCUT2D eigenvalue weighted by Gasteiger charge is 2.00. The molecule has 0 aliphatic carbocycles. The number of nitrogens with zero attached hydrogens (tertiary/aromatic N) is 4. The van der Waals surface area contributed by atoms with E-state index in [9.17, 15) is 0 Å². The van der Waals surface area contributed by atoms with Crippen molar-refractivity contribution in [2.24, 2.45) is 4.99 Å². The van der Waals surface area contributed by atoms with E-state index in [1.807, 2.05) is 35.0 Å². The van der Waals surface area contributed by atoms with Crippen molar-refractivity contribution >= 4 is 23.2 Å². The number of para-hydroxylation sites is 2. The second-order valence-electron chi connectivity index (χ2n) is 3.91. The van der Waals surface area contributed by atoms with Gasteiger partial charge >= 0.3 is 0 Å². The summed E-state index contributed by atoms with van der Waals surface area (Å²) in [5.74, 6) is 1.43. The summed E-state index contributed by atoms with van der Waals surface area (Å²) >= 11 is 0. The third-order valence-electron chi connectivity index (χ3n) is 2.77. The lowest BCUT2D eigenvalue weighted by molar-refractivity contribution is 0.755. The summed E-state index contributed by atoms with van der Waals surface area (Å²) in [6, 6.07) is 7.87. The SMILES string of the molecule is CCn1ccnc1C=Nc1nc2ccccc2[nH]1. The first-order valence-corrected chi connectivity index (χ1v) is 5.87. The normalized spacial score (nSPS) is 11.6. The number of nitrogens with one attached hydrogen (secondary N) is 1. The maximum Gasteiger partial charge on any atom is 0.227 e. The molecule has 2 aromatic heterocycles. The molecule has 2 heterocycles. The molecule has 0 fully saturated rings. The van der Waals surface area contributed by atoms with Gasteiger partial charge in [-0.1, -0.05) is 12.1 Å². The third-order valence-corrected chi connectivity index (χ3v) is 2.77. The minimum atomic E-state index is 0.599. The van der Waals surface area contributed by atoms with E-state index in [0.717, 1.165) is 23.4 Å². The highest BCUT2D eigenvalue weighted by Crippen LogP contribution is 2.15. The van der Waals surface area contributed by atoms with E-state index in [2.05, 4.69) is 26.9 Å². The summed E-state index contributed by atoms with van der Waals surface area (Å²) in [5, 5.41) is 0. The summed E-state index contributed by atoms with van der Waals surface area (Å²) in [7, 11) is 0. The number of aryl methyl sites for hydroxylation is 1. The zero-order valence-electron chi connectivity index (χ0n) is 10.0. The van der Waals surface area contributed by atoms with Crippen LogP contribution >= 0.6 is 0 Å². The Balaban J connectivity index is 1.92. The van der Waals surface area contributed by atoms with Gasteiger partial charge in [-0.15, -0.1) is 0 Å². The van der Waals surface area contributed by atoms with Crippen LogP contribution in [0.3, 0.4) is 0 Å². The Kier molecular flexibility index (Phi) is 2.64. The van der Waals surface area contributed by atoms with Crippen LogP contribution in [0.1, 0.15) is 12.7 Å². The van der Waals surface area contributed by atoms with Gasteiger partial charge in [0.1, 0.15) is 0 Å². The fourth-order valence-corrected chi connectivity index (χ4v) is 1.83. The van der Waals surface area contributed by atoms with Crippen molar-refractivity contribution in [1.29, 1.82) is 0 Å². The summed E-state index contributed by atoms with van der Waals surface area (Å²) in [4.78, 5) is 16.1. The van der Waals surface area contributed by atoms with Gasteiger partial charge < -0.3 is 9.55 Å². The predicted octanol–water partition coefficient (Wildman–Crippen LogP) is 2.53. The standard InChI is InChI=1S/C13H13N5/c1-2-18-8-7-14-12(18)9-15-13-16-10-5-3-4-6-11(10)17-13/h3-9H,2H2,1H3,(H,16,17). The molecule has 0 spiro atoms. The molecule has 5 nitrogen and oxygen atoms in total. The molecule has 3 aromatic rings. The second kappa shape index (κ2) is 4.44. The number of imidazole rings is 2. The quantitative estimate of drug-likeness (QED) is 0.714. The van der Waals surface area contributed by atoms with Crippen molar-refractivity contribution in [3.63, 3.8) is 0 Å². The van der Waals surface area contributed by atoms with Crippen molar-refractivity contribution in [3.05, 3.63) is 42.5 Å². The van der Waals surface area contributed by atoms with E-state index in [1.165, 1.54) is 0 Å². The van der Waals surface area contributed by atoms with Gasteiger partial charge in [0.05, 0.1) is 17.2 Å². The minimum absolute atomic E-state index is 0.599. The Morgan fingerprint density at radius 1 is 1.39 bits per heavy atom. The van der Waals surface area contributed by atoms with Crippen LogP contribution in [0.5, 0.6) is 0 Å². The van der Waals surface area contributed by atoms with Gasteiger partial charge in [-0.25, -0.2) is 15.0 Å². The molecule has 3 rings (SSSR count). The van der Waals surface area contributed by atoms with Crippen LogP contribution in [-0.2, 0) is 6.54 Å². The maximum atomic E-state index is 4.38. The average molecular weight is 239 g/mol. The largest absolute Gasteiger partial charge is 0.330 e. The number of rotatable bonds is 3. The molecular weight excluding hydrogens is 226 g/mol. The van der Waals surface area contributed by atoms with Gasteiger partial charge in [0, 0.05) is 18.9 Å². The Morgan fingerprint density at radius 3 is 3.11 bits per heavy atom. The molecule has 90 valence electrons. The number of fused-ring (bicyclic) bond motifs is 1. The van der Waals surface area contributed by atoms with Crippen LogP contribution in [0, 0.1) is 0 Å². The molecule has 18 heavy (non-hydrogen) atoms. The monoisotopic (exact) mass is 239 g/mol. The number of aromatic nitrogens is 4. The molecule has 0 saturated heterocycles. The molecule has 5 heteroatoms. The summed E-state index contributed by atoms with van der Waals surface area (Å²) in [6.07, 6.45) is 5.42. The van der Waals surface area contributed by atoms with Gasteiger partial charge in [0.2, 0.25) is 5.95 Å². The molecule has 0 aliphatic rings. The van der Waals surface area contributed by atoms with Crippen molar-refractivity contribution < 1.29 is 0 Å². The molecule has 0 saturated carbocycles. The van der Waals surface area contributed by atoms with Gasteiger partial charge in [-0.05, 0) is 19.1 Å². The number of hydrogen-bond donors (Lipinski definition) is 1. The van der Waals surface area contributed by atoms with Crippen LogP contribution < -0.4 is 0 Å². The first kappa shape index (κ1) is 10.7. The van der Waals surface area contributed by atoms with E-state index in [4.69, 9.17) is 0 Å². The molecule has 0 bridgehead atoms. The van der Waals surface area contributed by atoms with E-state index in [1.54, 1.807) is 12.4 Å². The first-order chi connectivity index (χ1) is 8.86. The van der Waals surface area contributed by atoms with Crippen LogP contribution in [0.15, 0.2) is 41.7 Å². The number of aromatic amines is 1. The zero-order valence-corrected chi connectivity index (χ0v) is 10.0. The number of benzene rings is 1. The second-order valence-corrected chi connectivity index (χ2v) is 3.91. The topological polar surface area (TPSA) is 58.9 Å². The predicted molar refractivity (Wildman–Crippen MR) is 71.2 cm³/mol. The fraction of sp³-hybridized carbons (Fsp3) is 0.154. The van der Waals surface area contributed by atoms with Crippen molar-refractivity contribution in [1.82, 2.24) is 19.5 Å². The van der Waals surface area contributed by atoms with E-state index < -0.39 is 0 Å². The highest BCUT2D eigenvalue weighted by atomic mass is 15.1. The molecule has 0 radical (unpaired) electrons. The molecule has 1 aromatic carbocycles. The summed E-state index contributed by atoms with van der Waals surface area (Å²) < 4.78 is 2.02. The Hall–Kier alpha value is -2.43. The van der Waals surface area contributed by atoms with Crippen LogP contribution in [0.2, 0.25) is 0 Å². The maximum absolute atomic E-state index is 4.38. The van der Waals surface area contributed by atoms with E-state index in [0.29, 0.717) is 5.95 Å². The lowest BCUT2D eigenvalue weighted by Crippen LogP contribution is -1.99. The number of H-pyrrole nitrogens is 1. The van der Waals surface area contributed by atoms with Crippen LogP contribution in [0.4, 0.5) is 5.95 Å². The van der Waals surface area contributed by atoms with Crippen LogP contribution in [-0.4, -0.2) is 25.7 Å². The molecule has 1 N–H and O–H groups in total. The summed E-state index contributed by atoms with van der Waals surface area (Å²) in [6.45, 7) is 2.95. The Labute approximate surface area is 104 Å². The Bertz CT molecular complexity index is 659. The van der Waals surface area contributed by atoms with Crippen molar-refractivity contribution in [2.75, 3.05) is 0 Å². The molecule has 0 aliphatic heterocycles. The fourth-order valence-electron chi connectivity index (χ4n) is 1.83. The smallest absolute Gasteiger partial charge is 0.227 e. The molecule has 0 atom stereocenters. The summed E-state index contributed by atoms with van der Waals surface area (Å²) in [5.41, 5.74) is 1.91. The first-order valence-electron chi connectivity index (χ1n) is 5.87. The Morgan fingerprint density at radius 2 is 2.28 bits per heavy atom. The number of hydrogen-bond acceptors (Lipinski definition) is 3. The van der Waals surface area contributed by atoms with Gasteiger partial charge in [0.25, 0.3) is 0 Å². The average Bonchev–Trinajstić information content (AvgIpc) is 3.01. The van der Waals surface area contributed by atoms with E-state index >= 15 is 0 Å². The third kappa shape index (κ3) is 1.90. The van der Waals surface area contributed by atoms with Gasteiger partial charge in [0.15, 0.2) is 5.82 Å². The van der Waals surface area contributed by atoms with Crippen molar-refractivity contribution in [3.8, 4) is 0 Å².